The number of rotatable bonds is 2. The molecular formula is C9H11ClN2. The fraction of sp³-hybridized carbons (Fsp3) is 0.556. The highest BCUT2D eigenvalue weighted by atomic mass is 35.5. The standard InChI is InChI=1S/C9H11ClN2/c1-2-9-11-7(6-3-4-6)5-8(10)12-9/h5-6H,2-4H2,1H3. The molecule has 12 heavy (non-hydrogen) atoms. The molecule has 3 heteroatoms. The van der Waals surface area contributed by atoms with Gasteiger partial charge in [0.05, 0.1) is 0 Å². The van der Waals surface area contributed by atoms with Crippen LogP contribution < -0.4 is 0 Å². The summed E-state index contributed by atoms with van der Waals surface area (Å²) in [6, 6.07) is 1.89. The van der Waals surface area contributed by atoms with Crippen LogP contribution in [0.5, 0.6) is 0 Å². The summed E-state index contributed by atoms with van der Waals surface area (Å²) < 4.78 is 0. The van der Waals surface area contributed by atoms with E-state index in [1.165, 1.54) is 12.8 Å². The van der Waals surface area contributed by atoms with Gasteiger partial charge in [-0.3, -0.25) is 0 Å². The first-order valence-corrected chi connectivity index (χ1v) is 4.70. The van der Waals surface area contributed by atoms with E-state index < -0.39 is 0 Å². The summed E-state index contributed by atoms with van der Waals surface area (Å²) in [6.45, 7) is 2.04. The van der Waals surface area contributed by atoms with Crippen LogP contribution in [0.2, 0.25) is 5.15 Å². The number of halogens is 1. The van der Waals surface area contributed by atoms with Crippen LogP contribution in [-0.4, -0.2) is 9.97 Å². The molecule has 0 atom stereocenters. The lowest BCUT2D eigenvalue weighted by molar-refractivity contribution is 0.882. The largest absolute Gasteiger partial charge is 0.238 e. The molecule has 0 aromatic carbocycles. The summed E-state index contributed by atoms with van der Waals surface area (Å²) in [6.07, 6.45) is 3.38. The SMILES string of the molecule is CCc1nc(Cl)cc(C2CC2)n1. The van der Waals surface area contributed by atoms with Gasteiger partial charge in [-0.15, -0.1) is 0 Å². The first-order chi connectivity index (χ1) is 5.79. The number of nitrogens with zero attached hydrogens (tertiary/aromatic N) is 2. The topological polar surface area (TPSA) is 25.8 Å². The first kappa shape index (κ1) is 7.99. The van der Waals surface area contributed by atoms with Gasteiger partial charge >= 0.3 is 0 Å². The highest BCUT2D eigenvalue weighted by molar-refractivity contribution is 6.29. The molecule has 0 aliphatic heterocycles. The molecule has 0 amide bonds. The van der Waals surface area contributed by atoms with Gasteiger partial charge < -0.3 is 0 Å². The van der Waals surface area contributed by atoms with Crippen molar-refractivity contribution in [3.05, 3.63) is 22.7 Å². The van der Waals surface area contributed by atoms with Crippen molar-refractivity contribution in [2.24, 2.45) is 0 Å². The van der Waals surface area contributed by atoms with Crippen LogP contribution in [-0.2, 0) is 6.42 Å². The predicted octanol–water partition coefficient (Wildman–Crippen LogP) is 2.57. The molecule has 0 radical (unpaired) electrons. The van der Waals surface area contributed by atoms with E-state index in [9.17, 15) is 0 Å². The number of hydrogen-bond donors (Lipinski definition) is 0. The molecule has 0 spiro atoms. The predicted molar refractivity (Wildman–Crippen MR) is 48.4 cm³/mol. The average Bonchev–Trinajstić information content (AvgIpc) is 2.85. The van der Waals surface area contributed by atoms with E-state index in [4.69, 9.17) is 11.6 Å². The third-order valence-corrected chi connectivity index (χ3v) is 2.27. The third kappa shape index (κ3) is 1.58. The van der Waals surface area contributed by atoms with Gasteiger partial charge in [-0.05, 0) is 18.9 Å². The average molecular weight is 183 g/mol. The van der Waals surface area contributed by atoms with Crippen LogP contribution in [0.1, 0.15) is 37.2 Å². The smallest absolute Gasteiger partial charge is 0.133 e. The van der Waals surface area contributed by atoms with Gasteiger partial charge in [-0.25, -0.2) is 9.97 Å². The van der Waals surface area contributed by atoms with Crippen LogP contribution in [0.25, 0.3) is 0 Å². The Labute approximate surface area is 77.0 Å². The Bertz CT molecular complexity index is 295. The number of hydrogen-bond acceptors (Lipinski definition) is 2. The summed E-state index contributed by atoms with van der Waals surface area (Å²) in [7, 11) is 0. The summed E-state index contributed by atoms with van der Waals surface area (Å²) in [5.74, 6) is 1.53. The van der Waals surface area contributed by atoms with E-state index in [-0.39, 0.29) is 0 Å². The quantitative estimate of drug-likeness (QED) is 0.657. The maximum atomic E-state index is 5.85. The van der Waals surface area contributed by atoms with E-state index in [0.29, 0.717) is 11.1 Å². The van der Waals surface area contributed by atoms with Gasteiger partial charge in [0.2, 0.25) is 0 Å². The van der Waals surface area contributed by atoms with E-state index in [1.807, 2.05) is 13.0 Å². The summed E-state index contributed by atoms with van der Waals surface area (Å²) in [5, 5.41) is 0.587. The molecule has 1 fully saturated rings. The van der Waals surface area contributed by atoms with Crippen molar-refractivity contribution in [3.63, 3.8) is 0 Å². The van der Waals surface area contributed by atoms with Gasteiger partial charge in [0, 0.05) is 18.0 Å². The number of aromatic nitrogens is 2. The minimum Gasteiger partial charge on any atom is -0.238 e. The van der Waals surface area contributed by atoms with Gasteiger partial charge in [-0.1, -0.05) is 18.5 Å². The van der Waals surface area contributed by atoms with Crippen LogP contribution >= 0.6 is 11.6 Å². The van der Waals surface area contributed by atoms with Crippen molar-refractivity contribution in [1.82, 2.24) is 9.97 Å². The molecule has 0 unspecified atom stereocenters. The van der Waals surface area contributed by atoms with E-state index in [2.05, 4.69) is 9.97 Å². The zero-order chi connectivity index (χ0) is 8.55. The van der Waals surface area contributed by atoms with Crippen molar-refractivity contribution in [3.8, 4) is 0 Å². The van der Waals surface area contributed by atoms with Crippen LogP contribution in [0.3, 0.4) is 0 Å². The molecule has 1 aromatic heterocycles. The molecule has 2 nitrogen and oxygen atoms in total. The Kier molecular flexibility index (Phi) is 2.01. The number of aryl methyl sites for hydroxylation is 1. The lowest BCUT2D eigenvalue weighted by Gasteiger charge is -2.00. The van der Waals surface area contributed by atoms with E-state index in [1.54, 1.807) is 0 Å². The van der Waals surface area contributed by atoms with Crippen molar-refractivity contribution in [2.75, 3.05) is 0 Å². The lowest BCUT2D eigenvalue weighted by atomic mass is 10.3. The van der Waals surface area contributed by atoms with Crippen molar-refractivity contribution in [2.45, 2.75) is 32.1 Å². The molecule has 0 bridgehead atoms. The molecule has 0 N–H and O–H groups in total. The van der Waals surface area contributed by atoms with Gasteiger partial charge in [0.25, 0.3) is 0 Å². The molecule has 64 valence electrons. The lowest BCUT2D eigenvalue weighted by Crippen LogP contribution is -1.97. The summed E-state index contributed by atoms with van der Waals surface area (Å²) in [5.41, 5.74) is 1.13. The molecule has 2 rings (SSSR count). The Morgan fingerprint density at radius 1 is 1.50 bits per heavy atom. The highest BCUT2D eigenvalue weighted by Crippen LogP contribution is 2.39. The highest BCUT2D eigenvalue weighted by Gasteiger charge is 2.25. The van der Waals surface area contributed by atoms with E-state index in [0.717, 1.165) is 17.9 Å². The first-order valence-electron chi connectivity index (χ1n) is 4.33. The summed E-state index contributed by atoms with van der Waals surface area (Å²) >= 11 is 5.85. The maximum absolute atomic E-state index is 5.85. The second-order valence-corrected chi connectivity index (χ2v) is 3.55. The fourth-order valence-electron chi connectivity index (χ4n) is 1.23. The minimum atomic E-state index is 0.587. The Morgan fingerprint density at radius 2 is 2.25 bits per heavy atom. The fourth-order valence-corrected chi connectivity index (χ4v) is 1.44. The van der Waals surface area contributed by atoms with Gasteiger partial charge in [-0.2, -0.15) is 0 Å². The molecule has 1 aliphatic carbocycles. The van der Waals surface area contributed by atoms with E-state index >= 15 is 0 Å². The Morgan fingerprint density at radius 3 is 2.83 bits per heavy atom. The zero-order valence-corrected chi connectivity index (χ0v) is 7.80. The molecule has 1 aliphatic rings. The van der Waals surface area contributed by atoms with Crippen LogP contribution in [0, 0.1) is 0 Å². The van der Waals surface area contributed by atoms with Crippen molar-refractivity contribution >= 4 is 11.6 Å². The van der Waals surface area contributed by atoms with Crippen molar-refractivity contribution in [1.29, 1.82) is 0 Å². The monoisotopic (exact) mass is 182 g/mol. The molecule has 1 aromatic rings. The second kappa shape index (κ2) is 3.02. The summed E-state index contributed by atoms with van der Waals surface area (Å²) in [4.78, 5) is 8.54. The normalized spacial score (nSPS) is 16.5. The van der Waals surface area contributed by atoms with Crippen molar-refractivity contribution < 1.29 is 0 Å². The minimum absolute atomic E-state index is 0.587. The second-order valence-electron chi connectivity index (χ2n) is 3.16. The zero-order valence-electron chi connectivity index (χ0n) is 7.05. The molecule has 1 heterocycles. The third-order valence-electron chi connectivity index (χ3n) is 2.07. The Hall–Kier alpha value is -0.630. The molecular weight excluding hydrogens is 172 g/mol. The van der Waals surface area contributed by atoms with Gasteiger partial charge in [0.15, 0.2) is 0 Å². The van der Waals surface area contributed by atoms with Crippen LogP contribution in [0.4, 0.5) is 0 Å². The molecule has 0 saturated heterocycles. The molecule has 1 saturated carbocycles. The van der Waals surface area contributed by atoms with Gasteiger partial charge in [0.1, 0.15) is 11.0 Å². The maximum Gasteiger partial charge on any atom is 0.133 e. The van der Waals surface area contributed by atoms with Crippen LogP contribution in [0.15, 0.2) is 6.07 Å². The Balaban J connectivity index is 2.34.